The van der Waals surface area contributed by atoms with Crippen molar-refractivity contribution in [3.63, 3.8) is 0 Å². The van der Waals surface area contributed by atoms with Crippen molar-refractivity contribution in [2.45, 2.75) is 35.7 Å². The normalized spacial score (nSPS) is 13.8. The third-order valence-electron chi connectivity index (χ3n) is 3.43. The van der Waals surface area contributed by atoms with Gasteiger partial charge in [-0.3, -0.25) is 10.1 Å². The van der Waals surface area contributed by atoms with E-state index in [2.05, 4.69) is 30.8 Å². The molecule has 0 saturated heterocycles. The SMILES string of the molecule is O=[N+]([O-])c1cnc(Sc2nnnn2Cc2cccs2)nc1NC1CC1. The van der Waals surface area contributed by atoms with E-state index in [1.54, 1.807) is 16.0 Å². The molecular formula is C13H12N8O2S2. The number of thiophene rings is 1. The van der Waals surface area contributed by atoms with Gasteiger partial charge in [0.25, 0.3) is 0 Å². The van der Waals surface area contributed by atoms with Gasteiger partial charge in [-0.1, -0.05) is 6.07 Å². The Balaban J connectivity index is 1.56. The van der Waals surface area contributed by atoms with Gasteiger partial charge in [-0.05, 0) is 46.5 Å². The van der Waals surface area contributed by atoms with Crippen molar-refractivity contribution in [1.29, 1.82) is 0 Å². The van der Waals surface area contributed by atoms with Crippen LogP contribution in [0.3, 0.4) is 0 Å². The smallest absolute Gasteiger partial charge is 0.329 e. The minimum Gasteiger partial charge on any atom is -0.361 e. The van der Waals surface area contributed by atoms with Gasteiger partial charge in [0.2, 0.25) is 11.0 Å². The summed E-state index contributed by atoms with van der Waals surface area (Å²) in [4.78, 5) is 20.1. The maximum atomic E-state index is 11.1. The van der Waals surface area contributed by atoms with Crippen molar-refractivity contribution < 1.29 is 4.92 Å². The molecule has 0 radical (unpaired) electrons. The molecule has 1 aliphatic carbocycles. The van der Waals surface area contributed by atoms with Gasteiger partial charge in [0.05, 0.1) is 11.5 Å². The van der Waals surface area contributed by atoms with Crippen LogP contribution in [0.4, 0.5) is 11.5 Å². The van der Waals surface area contributed by atoms with Gasteiger partial charge in [-0.25, -0.2) is 9.67 Å². The van der Waals surface area contributed by atoms with Crippen LogP contribution in [0.15, 0.2) is 34.0 Å². The first-order valence-corrected chi connectivity index (χ1v) is 9.13. The van der Waals surface area contributed by atoms with Crippen LogP contribution in [-0.4, -0.2) is 41.1 Å². The average Bonchev–Trinajstić information content (AvgIpc) is 3.07. The lowest BCUT2D eigenvalue weighted by Crippen LogP contribution is -2.08. The summed E-state index contributed by atoms with van der Waals surface area (Å²) in [6, 6.07) is 4.21. The number of nitro groups is 1. The van der Waals surface area contributed by atoms with Crippen molar-refractivity contribution in [3.05, 3.63) is 38.7 Å². The van der Waals surface area contributed by atoms with E-state index in [1.807, 2.05) is 17.5 Å². The number of anilines is 1. The van der Waals surface area contributed by atoms with E-state index in [9.17, 15) is 10.1 Å². The molecule has 10 nitrogen and oxygen atoms in total. The Bertz CT molecular complexity index is 893. The van der Waals surface area contributed by atoms with Crippen LogP contribution in [0.1, 0.15) is 17.7 Å². The second-order valence-electron chi connectivity index (χ2n) is 5.36. The number of rotatable bonds is 7. The minimum absolute atomic E-state index is 0.130. The molecule has 25 heavy (non-hydrogen) atoms. The maximum Gasteiger partial charge on any atom is 0.329 e. The zero-order valence-corrected chi connectivity index (χ0v) is 14.4. The second-order valence-corrected chi connectivity index (χ2v) is 7.33. The third kappa shape index (κ3) is 3.74. The lowest BCUT2D eigenvalue weighted by molar-refractivity contribution is -0.384. The van der Waals surface area contributed by atoms with Gasteiger partial charge in [-0.15, -0.1) is 16.4 Å². The molecule has 0 bridgehead atoms. The maximum absolute atomic E-state index is 11.1. The highest BCUT2D eigenvalue weighted by atomic mass is 32.2. The molecule has 12 heteroatoms. The van der Waals surface area contributed by atoms with E-state index in [0.717, 1.165) is 17.7 Å². The van der Waals surface area contributed by atoms with Crippen molar-refractivity contribution in [3.8, 4) is 0 Å². The highest BCUT2D eigenvalue weighted by molar-refractivity contribution is 7.99. The van der Waals surface area contributed by atoms with E-state index in [4.69, 9.17) is 0 Å². The van der Waals surface area contributed by atoms with E-state index in [1.165, 1.54) is 18.0 Å². The van der Waals surface area contributed by atoms with Crippen molar-refractivity contribution in [1.82, 2.24) is 30.2 Å². The Labute approximate surface area is 149 Å². The van der Waals surface area contributed by atoms with Crippen LogP contribution in [0.2, 0.25) is 0 Å². The molecule has 0 atom stereocenters. The summed E-state index contributed by atoms with van der Waals surface area (Å²) in [5, 5.41) is 28.7. The molecule has 0 amide bonds. The summed E-state index contributed by atoms with van der Waals surface area (Å²) in [6.45, 7) is 0.549. The summed E-state index contributed by atoms with van der Waals surface area (Å²) in [6.07, 6.45) is 3.19. The second kappa shape index (κ2) is 6.72. The molecule has 0 unspecified atom stereocenters. The fourth-order valence-electron chi connectivity index (χ4n) is 2.07. The zero-order valence-electron chi connectivity index (χ0n) is 12.8. The van der Waals surface area contributed by atoms with Gasteiger partial charge in [-0.2, -0.15) is 4.98 Å². The summed E-state index contributed by atoms with van der Waals surface area (Å²) < 4.78 is 1.65. The highest BCUT2D eigenvalue weighted by Crippen LogP contribution is 2.31. The zero-order chi connectivity index (χ0) is 17.2. The topological polar surface area (TPSA) is 125 Å². The molecule has 3 heterocycles. The molecular weight excluding hydrogens is 364 g/mol. The Morgan fingerprint density at radius 1 is 1.48 bits per heavy atom. The predicted octanol–water partition coefficient (Wildman–Crippen LogP) is 2.21. The summed E-state index contributed by atoms with van der Waals surface area (Å²) in [5.41, 5.74) is -0.130. The lowest BCUT2D eigenvalue weighted by atomic mass is 10.4. The van der Waals surface area contributed by atoms with Crippen LogP contribution in [0.25, 0.3) is 0 Å². The van der Waals surface area contributed by atoms with Crippen LogP contribution in [-0.2, 0) is 6.54 Å². The highest BCUT2D eigenvalue weighted by Gasteiger charge is 2.27. The largest absolute Gasteiger partial charge is 0.361 e. The predicted molar refractivity (Wildman–Crippen MR) is 90.7 cm³/mol. The molecule has 1 aliphatic rings. The quantitative estimate of drug-likeness (QED) is 0.375. The van der Waals surface area contributed by atoms with Gasteiger partial charge in [0.1, 0.15) is 6.20 Å². The molecule has 3 aromatic rings. The Morgan fingerprint density at radius 2 is 2.36 bits per heavy atom. The number of nitrogens with one attached hydrogen (secondary N) is 1. The molecule has 1 N–H and O–H groups in total. The van der Waals surface area contributed by atoms with Crippen LogP contribution < -0.4 is 5.32 Å². The van der Waals surface area contributed by atoms with E-state index >= 15 is 0 Å². The first-order chi connectivity index (χ1) is 12.2. The molecule has 3 aromatic heterocycles. The number of hydrogen-bond donors (Lipinski definition) is 1. The van der Waals surface area contributed by atoms with E-state index in [0.29, 0.717) is 16.9 Å². The van der Waals surface area contributed by atoms with Gasteiger partial charge >= 0.3 is 5.69 Å². The van der Waals surface area contributed by atoms with Crippen molar-refractivity contribution >= 4 is 34.6 Å². The first-order valence-electron chi connectivity index (χ1n) is 7.43. The van der Waals surface area contributed by atoms with Crippen LogP contribution >= 0.6 is 23.1 Å². The molecule has 0 aliphatic heterocycles. The fraction of sp³-hybridized carbons (Fsp3) is 0.308. The molecule has 0 spiro atoms. The van der Waals surface area contributed by atoms with Crippen molar-refractivity contribution in [2.24, 2.45) is 0 Å². The lowest BCUT2D eigenvalue weighted by Gasteiger charge is -2.06. The standard InChI is InChI=1S/C13H12N8O2S2/c22-21(23)10-6-14-12(16-11(10)15-8-3-4-8)25-13-17-18-19-20(13)7-9-2-1-5-24-9/h1-2,5-6,8H,3-4,7H2,(H,14,15,16). The Morgan fingerprint density at radius 3 is 3.08 bits per heavy atom. The average molecular weight is 376 g/mol. The molecule has 128 valence electrons. The first kappa shape index (κ1) is 15.9. The van der Waals surface area contributed by atoms with Gasteiger partial charge in [0, 0.05) is 10.9 Å². The van der Waals surface area contributed by atoms with Crippen LogP contribution in [0.5, 0.6) is 0 Å². The van der Waals surface area contributed by atoms with Gasteiger partial charge < -0.3 is 5.32 Å². The number of aromatic nitrogens is 6. The number of hydrogen-bond acceptors (Lipinski definition) is 10. The molecule has 4 rings (SSSR count). The molecule has 0 aromatic carbocycles. The van der Waals surface area contributed by atoms with E-state index < -0.39 is 4.92 Å². The Hall–Kier alpha value is -2.60. The molecule has 1 saturated carbocycles. The third-order valence-corrected chi connectivity index (χ3v) is 5.14. The number of nitrogens with zero attached hydrogens (tertiary/aromatic N) is 7. The number of tetrazole rings is 1. The van der Waals surface area contributed by atoms with Crippen molar-refractivity contribution in [2.75, 3.05) is 5.32 Å². The summed E-state index contributed by atoms with van der Waals surface area (Å²) >= 11 is 2.79. The summed E-state index contributed by atoms with van der Waals surface area (Å²) in [7, 11) is 0. The summed E-state index contributed by atoms with van der Waals surface area (Å²) in [5.74, 6) is 0.238. The fourth-order valence-corrected chi connectivity index (χ4v) is 3.45. The van der Waals surface area contributed by atoms with E-state index in [-0.39, 0.29) is 17.5 Å². The van der Waals surface area contributed by atoms with Gasteiger partial charge in [0.15, 0.2) is 5.16 Å². The Kier molecular flexibility index (Phi) is 4.28. The van der Waals surface area contributed by atoms with Crippen LogP contribution in [0, 0.1) is 10.1 Å². The molecule has 1 fully saturated rings. The minimum atomic E-state index is -0.486. The monoisotopic (exact) mass is 376 g/mol.